The van der Waals surface area contributed by atoms with Crippen LogP contribution in [-0.4, -0.2) is 5.11 Å². The standard InChI is InChI=1S/C9H5NOS/c10-4-6-5-12-9-3-7(11)1-2-8(6)9/h1-3,5,11H. The first-order valence-electron chi connectivity index (χ1n) is 3.41. The fourth-order valence-corrected chi connectivity index (χ4v) is 2.02. The van der Waals surface area contributed by atoms with Gasteiger partial charge in [-0.3, -0.25) is 0 Å². The highest BCUT2D eigenvalue weighted by Crippen LogP contribution is 2.28. The molecule has 2 aromatic rings. The molecule has 12 heavy (non-hydrogen) atoms. The Kier molecular flexibility index (Phi) is 1.49. The molecule has 0 bridgehead atoms. The SMILES string of the molecule is N#Cc1csc2cc(O)ccc12. The summed E-state index contributed by atoms with van der Waals surface area (Å²) in [7, 11) is 0. The fourth-order valence-electron chi connectivity index (χ4n) is 1.10. The van der Waals surface area contributed by atoms with Crippen LogP contribution in [0.1, 0.15) is 5.56 Å². The molecule has 0 fully saturated rings. The number of hydrogen-bond donors (Lipinski definition) is 1. The topological polar surface area (TPSA) is 44.0 Å². The number of rotatable bonds is 0. The summed E-state index contributed by atoms with van der Waals surface area (Å²) < 4.78 is 0.951. The Morgan fingerprint density at radius 1 is 1.42 bits per heavy atom. The molecule has 0 amide bonds. The first kappa shape index (κ1) is 7.14. The van der Waals surface area contributed by atoms with E-state index < -0.39 is 0 Å². The molecule has 0 saturated heterocycles. The van der Waals surface area contributed by atoms with Crippen LogP contribution in [0.2, 0.25) is 0 Å². The molecule has 1 N–H and O–H groups in total. The maximum Gasteiger partial charge on any atom is 0.117 e. The zero-order chi connectivity index (χ0) is 8.55. The predicted octanol–water partition coefficient (Wildman–Crippen LogP) is 2.48. The van der Waals surface area contributed by atoms with Gasteiger partial charge >= 0.3 is 0 Å². The van der Waals surface area contributed by atoms with Crippen LogP contribution in [-0.2, 0) is 0 Å². The molecule has 1 heterocycles. The Morgan fingerprint density at radius 2 is 2.25 bits per heavy atom. The predicted molar refractivity (Wildman–Crippen MR) is 48.2 cm³/mol. The molecule has 3 heteroatoms. The zero-order valence-corrected chi connectivity index (χ0v) is 6.93. The van der Waals surface area contributed by atoms with Gasteiger partial charge in [-0.2, -0.15) is 5.26 Å². The zero-order valence-electron chi connectivity index (χ0n) is 6.11. The molecule has 0 aliphatic rings. The van der Waals surface area contributed by atoms with Crippen molar-refractivity contribution < 1.29 is 5.11 Å². The number of phenols is 1. The van der Waals surface area contributed by atoms with Gasteiger partial charge in [-0.1, -0.05) is 0 Å². The largest absolute Gasteiger partial charge is 0.508 e. The van der Waals surface area contributed by atoms with Crippen molar-refractivity contribution in [1.29, 1.82) is 5.26 Å². The van der Waals surface area contributed by atoms with Crippen LogP contribution in [0.15, 0.2) is 23.6 Å². The van der Waals surface area contributed by atoms with Gasteiger partial charge in [-0.15, -0.1) is 11.3 Å². The lowest BCUT2D eigenvalue weighted by Crippen LogP contribution is -1.68. The van der Waals surface area contributed by atoms with E-state index in [1.165, 1.54) is 11.3 Å². The van der Waals surface area contributed by atoms with Crippen LogP contribution in [0, 0.1) is 11.3 Å². The van der Waals surface area contributed by atoms with Crippen molar-refractivity contribution >= 4 is 21.4 Å². The molecule has 0 saturated carbocycles. The molecule has 2 nitrogen and oxygen atoms in total. The van der Waals surface area contributed by atoms with E-state index in [1.807, 2.05) is 0 Å². The van der Waals surface area contributed by atoms with E-state index in [1.54, 1.807) is 23.6 Å². The van der Waals surface area contributed by atoms with Crippen LogP contribution in [0.4, 0.5) is 0 Å². The van der Waals surface area contributed by atoms with Gasteiger partial charge in [0.05, 0.1) is 5.56 Å². The number of nitriles is 1. The van der Waals surface area contributed by atoms with Gasteiger partial charge in [0.25, 0.3) is 0 Å². The summed E-state index contributed by atoms with van der Waals surface area (Å²) >= 11 is 1.47. The van der Waals surface area contributed by atoms with Gasteiger partial charge in [0, 0.05) is 15.5 Å². The van der Waals surface area contributed by atoms with E-state index in [0.29, 0.717) is 5.56 Å². The Morgan fingerprint density at radius 3 is 3.00 bits per heavy atom. The van der Waals surface area contributed by atoms with Crippen LogP contribution >= 0.6 is 11.3 Å². The van der Waals surface area contributed by atoms with Crippen LogP contribution in [0.3, 0.4) is 0 Å². The van der Waals surface area contributed by atoms with E-state index >= 15 is 0 Å². The van der Waals surface area contributed by atoms with Crippen molar-refractivity contribution in [2.45, 2.75) is 0 Å². The maximum absolute atomic E-state index is 9.14. The van der Waals surface area contributed by atoms with Crippen LogP contribution in [0.25, 0.3) is 10.1 Å². The van der Waals surface area contributed by atoms with Crippen LogP contribution < -0.4 is 0 Å². The summed E-state index contributed by atoms with van der Waals surface area (Å²) in [5.41, 5.74) is 0.676. The second-order valence-corrected chi connectivity index (χ2v) is 3.35. The lowest BCUT2D eigenvalue weighted by atomic mass is 10.2. The highest BCUT2D eigenvalue weighted by Gasteiger charge is 2.02. The van der Waals surface area contributed by atoms with E-state index in [2.05, 4.69) is 6.07 Å². The summed E-state index contributed by atoms with van der Waals surface area (Å²) in [6.07, 6.45) is 0. The van der Waals surface area contributed by atoms with Crippen molar-refractivity contribution in [2.75, 3.05) is 0 Å². The molecular weight excluding hydrogens is 170 g/mol. The molecule has 0 radical (unpaired) electrons. The van der Waals surface area contributed by atoms with Gasteiger partial charge in [0.1, 0.15) is 11.8 Å². The van der Waals surface area contributed by atoms with Crippen molar-refractivity contribution in [3.05, 3.63) is 29.1 Å². The molecule has 1 aromatic heterocycles. The monoisotopic (exact) mass is 175 g/mol. The smallest absolute Gasteiger partial charge is 0.117 e. The summed E-state index contributed by atoms with van der Waals surface area (Å²) in [4.78, 5) is 0. The minimum absolute atomic E-state index is 0.244. The van der Waals surface area contributed by atoms with Crippen LogP contribution in [0.5, 0.6) is 5.75 Å². The molecular formula is C9H5NOS. The van der Waals surface area contributed by atoms with Gasteiger partial charge in [0.2, 0.25) is 0 Å². The average Bonchev–Trinajstić information content (AvgIpc) is 2.46. The average molecular weight is 175 g/mol. The van der Waals surface area contributed by atoms with E-state index in [9.17, 15) is 0 Å². The Labute approximate surface area is 73.3 Å². The number of benzene rings is 1. The first-order chi connectivity index (χ1) is 5.81. The lowest BCUT2D eigenvalue weighted by Gasteiger charge is -1.90. The molecule has 0 aliphatic heterocycles. The van der Waals surface area contributed by atoms with E-state index in [0.717, 1.165) is 10.1 Å². The summed E-state index contributed by atoms with van der Waals surface area (Å²) in [6, 6.07) is 7.12. The molecule has 2 rings (SSSR count). The minimum Gasteiger partial charge on any atom is -0.508 e. The molecule has 0 aliphatic carbocycles. The highest BCUT2D eigenvalue weighted by molar-refractivity contribution is 7.17. The van der Waals surface area contributed by atoms with Crippen molar-refractivity contribution in [2.24, 2.45) is 0 Å². The van der Waals surface area contributed by atoms with Gasteiger partial charge in [-0.25, -0.2) is 0 Å². The number of hydrogen-bond acceptors (Lipinski definition) is 3. The van der Waals surface area contributed by atoms with E-state index in [-0.39, 0.29) is 5.75 Å². The number of phenolic OH excluding ortho intramolecular Hbond substituents is 1. The second-order valence-electron chi connectivity index (χ2n) is 2.44. The molecule has 0 unspecified atom stereocenters. The summed E-state index contributed by atoms with van der Waals surface area (Å²) in [5, 5.41) is 20.5. The number of thiophene rings is 1. The van der Waals surface area contributed by atoms with Crippen molar-refractivity contribution in [3.63, 3.8) is 0 Å². The van der Waals surface area contributed by atoms with Gasteiger partial charge in [-0.05, 0) is 18.2 Å². The Hall–Kier alpha value is -1.53. The Bertz CT molecular complexity index is 467. The Balaban J connectivity index is 2.84. The highest BCUT2D eigenvalue weighted by atomic mass is 32.1. The van der Waals surface area contributed by atoms with Crippen molar-refractivity contribution in [3.8, 4) is 11.8 Å². The molecule has 0 atom stereocenters. The first-order valence-corrected chi connectivity index (χ1v) is 4.29. The molecule has 1 aromatic carbocycles. The molecule has 58 valence electrons. The third-order valence-electron chi connectivity index (χ3n) is 1.68. The lowest BCUT2D eigenvalue weighted by molar-refractivity contribution is 0.476. The van der Waals surface area contributed by atoms with Gasteiger partial charge < -0.3 is 5.11 Å². The quantitative estimate of drug-likeness (QED) is 0.668. The third kappa shape index (κ3) is 0.936. The number of fused-ring (bicyclic) bond motifs is 1. The summed E-state index contributed by atoms with van der Waals surface area (Å²) in [5.74, 6) is 0.244. The second kappa shape index (κ2) is 2.50. The number of aromatic hydroxyl groups is 1. The van der Waals surface area contributed by atoms with Gasteiger partial charge in [0.15, 0.2) is 0 Å². The normalized spacial score (nSPS) is 9.92. The third-order valence-corrected chi connectivity index (χ3v) is 2.62. The summed E-state index contributed by atoms with van der Waals surface area (Å²) in [6.45, 7) is 0. The van der Waals surface area contributed by atoms with Crippen molar-refractivity contribution in [1.82, 2.24) is 0 Å². The van der Waals surface area contributed by atoms with E-state index in [4.69, 9.17) is 10.4 Å². The maximum atomic E-state index is 9.14. The number of nitrogens with zero attached hydrogens (tertiary/aromatic N) is 1. The fraction of sp³-hybridized carbons (Fsp3) is 0. The minimum atomic E-state index is 0.244. The molecule has 0 spiro atoms.